The van der Waals surface area contributed by atoms with Crippen LogP contribution in [0.1, 0.15) is 60.3 Å². The Bertz CT molecular complexity index is 215. The van der Waals surface area contributed by atoms with E-state index >= 15 is 0 Å². The predicted octanol–water partition coefficient (Wildman–Crippen LogP) is 3.52. The standard InChI is InChI=1S/C16H34N2/c1-6-8-16-10-17-15(9-13(3)4)12-18(16)11-14(5)7-2/h13-17H,6-12H2,1-5H3. The molecule has 0 spiro atoms. The average Bonchev–Trinajstić information content (AvgIpc) is 2.31. The van der Waals surface area contributed by atoms with E-state index in [-0.39, 0.29) is 0 Å². The molecule has 1 fully saturated rings. The van der Waals surface area contributed by atoms with E-state index in [0.29, 0.717) is 6.04 Å². The predicted molar refractivity (Wildman–Crippen MR) is 81.0 cm³/mol. The van der Waals surface area contributed by atoms with Crippen molar-refractivity contribution >= 4 is 0 Å². The summed E-state index contributed by atoms with van der Waals surface area (Å²) in [6.07, 6.45) is 5.27. The summed E-state index contributed by atoms with van der Waals surface area (Å²) in [5.74, 6) is 1.64. The van der Waals surface area contributed by atoms with Crippen LogP contribution in [-0.2, 0) is 0 Å². The second-order valence-corrected chi connectivity index (χ2v) is 6.64. The van der Waals surface area contributed by atoms with Crippen LogP contribution in [0, 0.1) is 11.8 Å². The molecular formula is C16H34N2. The molecule has 1 aliphatic rings. The Labute approximate surface area is 115 Å². The first-order valence-electron chi connectivity index (χ1n) is 8.04. The Kier molecular flexibility index (Phi) is 7.25. The lowest BCUT2D eigenvalue weighted by molar-refractivity contribution is 0.0987. The van der Waals surface area contributed by atoms with Crippen molar-refractivity contribution in [3.8, 4) is 0 Å². The molecule has 0 aliphatic carbocycles. The zero-order valence-corrected chi connectivity index (χ0v) is 13.2. The largest absolute Gasteiger partial charge is 0.311 e. The van der Waals surface area contributed by atoms with Crippen molar-refractivity contribution in [1.82, 2.24) is 10.2 Å². The minimum atomic E-state index is 0.710. The van der Waals surface area contributed by atoms with Gasteiger partial charge in [0.15, 0.2) is 0 Å². The number of hydrogen-bond acceptors (Lipinski definition) is 2. The molecule has 2 heteroatoms. The monoisotopic (exact) mass is 254 g/mol. The third-order valence-corrected chi connectivity index (χ3v) is 4.23. The summed E-state index contributed by atoms with van der Waals surface area (Å²) in [6, 6.07) is 1.48. The van der Waals surface area contributed by atoms with E-state index in [1.807, 2.05) is 0 Å². The van der Waals surface area contributed by atoms with Crippen LogP contribution in [0.4, 0.5) is 0 Å². The van der Waals surface area contributed by atoms with Crippen molar-refractivity contribution in [3.05, 3.63) is 0 Å². The first-order chi connectivity index (χ1) is 8.56. The fourth-order valence-corrected chi connectivity index (χ4v) is 3.03. The fraction of sp³-hybridized carbons (Fsp3) is 1.00. The van der Waals surface area contributed by atoms with Gasteiger partial charge in [-0.2, -0.15) is 0 Å². The topological polar surface area (TPSA) is 15.3 Å². The maximum Gasteiger partial charge on any atom is 0.0221 e. The Balaban J connectivity index is 2.52. The minimum absolute atomic E-state index is 0.710. The highest BCUT2D eigenvalue weighted by Crippen LogP contribution is 2.18. The van der Waals surface area contributed by atoms with Gasteiger partial charge in [0.05, 0.1) is 0 Å². The molecule has 0 bridgehead atoms. The molecule has 1 heterocycles. The van der Waals surface area contributed by atoms with Crippen LogP contribution in [0.5, 0.6) is 0 Å². The second kappa shape index (κ2) is 8.16. The van der Waals surface area contributed by atoms with Gasteiger partial charge in [-0.1, -0.05) is 47.5 Å². The molecule has 0 radical (unpaired) electrons. The molecule has 1 N–H and O–H groups in total. The van der Waals surface area contributed by atoms with Crippen LogP contribution in [0.2, 0.25) is 0 Å². The Morgan fingerprint density at radius 1 is 1.22 bits per heavy atom. The van der Waals surface area contributed by atoms with E-state index in [2.05, 4.69) is 44.8 Å². The third-order valence-electron chi connectivity index (χ3n) is 4.23. The second-order valence-electron chi connectivity index (χ2n) is 6.64. The number of rotatable bonds is 7. The van der Waals surface area contributed by atoms with Gasteiger partial charge >= 0.3 is 0 Å². The van der Waals surface area contributed by atoms with Crippen molar-refractivity contribution in [1.29, 1.82) is 0 Å². The summed E-state index contributed by atoms with van der Waals surface area (Å²) in [7, 11) is 0. The Hall–Kier alpha value is -0.0800. The zero-order valence-electron chi connectivity index (χ0n) is 13.2. The van der Waals surface area contributed by atoms with Crippen molar-refractivity contribution in [2.45, 2.75) is 72.4 Å². The molecule has 1 aliphatic heterocycles. The van der Waals surface area contributed by atoms with Gasteiger partial charge < -0.3 is 5.32 Å². The molecule has 1 saturated heterocycles. The smallest absolute Gasteiger partial charge is 0.0221 e. The highest BCUT2D eigenvalue weighted by Gasteiger charge is 2.28. The highest BCUT2D eigenvalue weighted by atomic mass is 15.2. The number of hydrogen-bond donors (Lipinski definition) is 1. The van der Waals surface area contributed by atoms with Gasteiger partial charge in [-0.3, -0.25) is 4.90 Å². The molecule has 0 amide bonds. The van der Waals surface area contributed by atoms with Crippen LogP contribution in [-0.4, -0.2) is 36.6 Å². The van der Waals surface area contributed by atoms with Crippen molar-refractivity contribution in [2.75, 3.05) is 19.6 Å². The van der Waals surface area contributed by atoms with Gasteiger partial charge in [0.2, 0.25) is 0 Å². The first kappa shape index (κ1) is 16.0. The van der Waals surface area contributed by atoms with E-state index in [1.165, 1.54) is 45.3 Å². The number of nitrogens with zero attached hydrogens (tertiary/aromatic N) is 1. The van der Waals surface area contributed by atoms with Crippen LogP contribution >= 0.6 is 0 Å². The Morgan fingerprint density at radius 2 is 1.94 bits per heavy atom. The van der Waals surface area contributed by atoms with E-state index < -0.39 is 0 Å². The summed E-state index contributed by atoms with van der Waals surface area (Å²) < 4.78 is 0. The summed E-state index contributed by atoms with van der Waals surface area (Å²) in [4.78, 5) is 2.77. The van der Waals surface area contributed by atoms with Gasteiger partial charge in [-0.15, -0.1) is 0 Å². The van der Waals surface area contributed by atoms with Gasteiger partial charge in [0, 0.05) is 31.7 Å². The quantitative estimate of drug-likeness (QED) is 0.748. The van der Waals surface area contributed by atoms with Crippen molar-refractivity contribution in [3.63, 3.8) is 0 Å². The maximum atomic E-state index is 3.76. The normalized spacial score (nSPS) is 27.7. The molecule has 0 aromatic heterocycles. The van der Waals surface area contributed by atoms with Crippen LogP contribution in [0.25, 0.3) is 0 Å². The number of nitrogens with one attached hydrogen (secondary N) is 1. The van der Waals surface area contributed by atoms with E-state index in [0.717, 1.165) is 17.9 Å². The van der Waals surface area contributed by atoms with Gasteiger partial charge in [-0.25, -0.2) is 0 Å². The SMILES string of the molecule is CCCC1CNC(CC(C)C)CN1CC(C)CC. The highest BCUT2D eigenvalue weighted by molar-refractivity contribution is 4.87. The molecule has 0 aromatic rings. The van der Waals surface area contributed by atoms with Gasteiger partial charge in [0.1, 0.15) is 0 Å². The van der Waals surface area contributed by atoms with Gasteiger partial charge in [-0.05, 0) is 24.7 Å². The van der Waals surface area contributed by atoms with Crippen LogP contribution in [0.3, 0.4) is 0 Å². The molecule has 0 saturated carbocycles. The summed E-state index contributed by atoms with van der Waals surface area (Å²) >= 11 is 0. The van der Waals surface area contributed by atoms with Crippen LogP contribution in [0.15, 0.2) is 0 Å². The van der Waals surface area contributed by atoms with Gasteiger partial charge in [0.25, 0.3) is 0 Å². The molecular weight excluding hydrogens is 220 g/mol. The Morgan fingerprint density at radius 3 is 2.50 bits per heavy atom. The molecule has 0 aromatic carbocycles. The first-order valence-corrected chi connectivity index (χ1v) is 8.04. The maximum absolute atomic E-state index is 3.76. The number of piperazine rings is 1. The summed E-state index contributed by atoms with van der Waals surface area (Å²) in [5, 5.41) is 3.76. The van der Waals surface area contributed by atoms with E-state index in [1.54, 1.807) is 0 Å². The lowest BCUT2D eigenvalue weighted by Crippen LogP contribution is -2.57. The average molecular weight is 254 g/mol. The lowest BCUT2D eigenvalue weighted by atomic mass is 9.96. The molecule has 2 nitrogen and oxygen atoms in total. The molecule has 3 atom stereocenters. The van der Waals surface area contributed by atoms with E-state index in [9.17, 15) is 0 Å². The van der Waals surface area contributed by atoms with Crippen LogP contribution < -0.4 is 5.32 Å². The molecule has 18 heavy (non-hydrogen) atoms. The minimum Gasteiger partial charge on any atom is -0.311 e. The fourth-order valence-electron chi connectivity index (χ4n) is 3.03. The van der Waals surface area contributed by atoms with Crippen molar-refractivity contribution in [2.24, 2.45) is 11.8 Å². The third kappa shape index (κ3) is 5.27. The summed E-state index contributed by atoms with van der Waals surface area (Å²) in [6.45, 7) is 15.4. The molecule has 108 valence electrons. The molecule has 3 unspecified atom stereocenters. The van der Waals surface area contributed by atoms with E-state index in [4.69, 9.17) is 0 Å². The van der Waals surface area contributed by atoms with Crippen molar-refractivity contribution < 1.29 is 0 Å². The lowest BCUT2D eigenvalue weighted by Gasteiger charge is -2.42. The summed E-state index contributed by atoms with van der Waals surface area (Å²) in [5.41, 5.74) is 0. The molecule has 1 rings (SSSR count). The zero-order chi connectivity index (χ0) is 13.5.